The first-order chi connectivity index (χ1) is 12.1. The second kappa shape index (κ2) is 7.94. The summed E-state index contributed by atoms with van der Waals surface area (Å²) in [6.45, 7) is 4.27. The predicted octanol–water partition coefficient (Wildman–Crippen LogP) is 4.89. The van der Waals surface area contributed by atoms with Crippen molar-refractivity contribution in [3.63, 3.8) is 0 Å². The number of ether oxygens (including phenoxy) is 1. The van der Waals surface area contributed by atoms with Crippen molar-refractivity contribution in [3.8, 4) is 5.75 Å². The Kier molecular flexibility index (Phi) is 5.46. The largest absolute Gasteiger partial charge is 0.493 e. The molecule has 0 fully saturated rings. The smallest absolute Gasteiger partial charge is 0.236 e. The molecule has 1 aromatic heterocycles. The van der Waals surface area contributed by atoms with Gasteiger partial charge in [0.05, 0.1) is 24.4 Å². The van der Waals surface area contributed by atoms with Crippen molar-refractivity contribution in [1.82, 2.24) is 4.98 Å². The first-order valence-electron chi connectivity index (χ1n) is 8.13. The minimum Gasteiger partial charge on any atom is -0.493 e. The van der Waals surface area contributed by atoms with E-state index in [-0.39, 0.29) is 12.3 Å². The van der Waals surface area contributed by atoms with Crippen molar-refractivity contribution in [2.24, 2.45) is 0 Å². The topological polar surface area (TPSA) is 42.4 Å². The number of carbonyl (C=O) groups is 1. The molecule has 0 spiro atoms. The van der Waals surface area contributed by atoms with Crippen molar-refractivity contribution >= 4 is 28.1 Å². The van der Waals surface area contributed by atoms with Crippen molar-refractivity contribution in [2.75, 3.05) is 11.5 Å². The van der Waals surface area contributed by atoms with E-state index < -0.39 is 0 Å². The van der Waals surface area contributed by atoms with Gasteiger partial charge in [0, 0.05) is 5.38 Å². The number of aryl methyl sites for hydroxylation is 2. The molecule has 0 saturated carbocycles. The molecule has 0 unspecified atom stereocenters. The van der Waals surface area contributed by atoms with E-state index in [9.17, 15) is 4.79 Å². The third-order valence-corrected chi connectivity index (χ3v) is 4.58. The van der Waals surface area contributed by atoms with Crippen LogP contribution in [-0.2, 0) is 4.79 Å². The number of amides is 1. The fourth-order valence-electron chi connectivity index (χ4n) is 2.46. The van der Waals surface area contributed by atoms with Crippen LogP contribution < -0.4 is 9.64 Å². The third-order valence-electron chi connectivity index (χ3n) is 3.64. The van der Waals surface area contributed by atoms with Crippen molar-refractivity contribution < 1.29 is 9.53 Å². The lowest BCUT2D eigenvalue weighted by atomic mass is 10.2. The fourth-order valence-corrected chi connectivity index (χ4v) is 3.29. The molecule has 0 N–H and O–H groups in total. The molecule has 128 valence electrons. The summed E-state index contributed by atoms with van der Waals surface area (Å²) < 4.78 is 5.72. The normalized spacial score (nSPS) is 10.5. The Morgan fingerprint density at radius 2 is 1.92 bits per heavy atom. The maximum atomic E-state index is 12.8. The summed E-state index contributed by atoms with van der Waals surface area (Å²) in [6.07, 6.45) is 0.279. The lowest BCUT2D eigenvalue weighted by Crippen LogP contribution is -2.27. The SMILES string of the molecule is Cc1cccc(OCCC(=O)N(c2ccccc2)c2nc(C)cs2)c1. The Bertz CT molecular complexity index is 846. The Morgan fingerprint density at radius 1 is 1.12 bits per heavy atom. The minimum absolute atomic E-state index is 0.0341. The molecule has 0 aliphatic heterocycles. The molecule has 0 radical (unpaired) electrons. The van der Waals surface area contributed by atoms with Crippen LogP contribution in [0.15, 0.2) is 60.0 Å². The first-order valence-corrected chi connectivity index (χ1v) is 9.01. The zero-order chi connectivity index (χ0) is 17.6. The molecule has 1 amide bonds. The number of carbonyl (C=O) groups excluding carboxylic acids is 1. The molecule has 0 bridgehead atoms. The third kappa shape index (κ3) is 4.45. The molecule has 4 nitrogen and oxygen atoms in total. The van der Waals surface area contributed by atoms with E-state index in [4.69, 9.17) is 4.74 Å². The summed E-state index contributed by atoms with van der Waals surface area (Å²) >= 11 is 1.47. The van der Waals surface area contributed by atoms with Gasteiger partial charge in [-0.15, -0.1) is 11.3 Å². The standard InChI is InChI=1S/C20H20N2O2S/c1-15-7-6-10-18(13-15)24-12-11-19(23)22(17-8-4-3-5-9-17)20-21-16(2)14-25-20/h3-10,13-14H,11-12H2,1-2H3. The lowest BCUT2D eigenvalue weighted by Gasteiger charge is -2.20. The number of anilines is 2. The van der Waals surface area contributed by atoms with Gasteiger partial charge >= 0.3 is 0 Å². The van der Waals surface area contributed by atoms with E-state index >= 15 is 0 Å². The van der Waals surface area contributed by atoms with Crippen LogP contribution in [0.25, 0.3) is 0 Å². The number of thiazole rings is 1. The lowest BCUT2D eigenvalue weighted by molar-refractivity contribution is -0.118. The van der Waals surface area contributed by atoms with E-state index in [1.165, 1.54) is 11.3 Å². The summed E-state index contributed by atoms with van der Waals surface area (Å²) in [5, 5.41) is 2.63. The maximum absolute atomic E-state index is 12.8. The molecule has 0 saturated heterocycles. The quantitative estimate of drug-likeness (QED) is 0.634. The molecule has 2 aromatic carbocycles. The van der Waals surface area contributed by atoms with Crippen LogP contribution in [0.1, 0.15) is 17.7 Å². The molecule has 3 rings (SSSR count). The highest BCUT2D eigenvalue weighted by Crippen LogP contribution is 2.29. The van der Waals surface area contributed by atoms with Crippen LogP contribution >= 0.6 is 11.3 Å². The number of para-hydroxylation sites is 1. The highest BCUT2D eigenvalue weighted by molar-refractivity contribution is 7.14. The van der Waals surface area contributed by atoms with Gasteiger partial charge in [-0.1, -0.05) is 30.3 Å². The van der Waals surface area contributed by atoms with Gasteiger partial charge in [-0.05, 0) is 43.7 Å². The maximum Gasteiger partial charge on any atom is 0.236 e. The van der Waals surface area contributed by atoms with Crippen LogP contribution in [0, 0.1) is 13.8 Å². The van der Waals surface area contributed by atoms with E-state index in [1.54, 1.807) is 4.90 Å². The minimum atomic E-state index is -0.0341. The highest BCUT2D eigenvalue weighted by atomic mass is 32.1. The van der Waals surface area contributed by atoms with Gasteiger partial charge in [-0.25, -0.2) is 4.98 Å². The molecule has 0 atom stereocenters. The van der Waals surface area contributed by atoms with Crippen LogP contribution in [-0.4, -0.2) is 17.5 Å². The number of hydrogen-bond acceptors (Lipinski definition) is 4. The number of nitrogens with zero attached hydrogens (tertiary/aromatic N) is 2. The average Bonchev–Trinajstić information content (AvgIpc) is 3.02. The number of benzene rings is 2. The van der Waals surface area contributed by atoms with Gasteiger partial charge in [0.2, 0.25) is 5.91 Å². The molecule has 5 heteroatoms. The van der Waals surface area contributed by atoms with Crippen molar-refractivity contribution in [2.45, 2.75) is 20.3 Å². The van der Waals surface area contributed by atoms with Gasteiger partial charge in [-0.3, -0.25) is 9.69 Å². The summed E-state index contributed by atoms with van der Waals surface area (Å²) in [6, 6.07) is 17.4. The molecular weight excluding hydrogens is 332 g/mol. The molecule has 0 aliphatic rings. The molecule has 25 heavy (non-hydrogen) atoms. The van der Waals surface area contributed by atoms with Gasteiger partial charge in [0.1, 0.15) is 5.75 Å². The second-order valence-corrected chi connectivity index (χ2v) is 6.59. The number of hydrogen-bond donors (Lipinski definition) is 0. The molecule has 1 heterocycles. The first kappa shape index (κ1) is 17.2. The van der Waals surface area contributed by atoms with Crippen molar-refractivity contribution in [3.05, 3.63) is 71.2 Å². The van der Waals surface area contributed by atoms with Crippen LogP contribution in [0.5, 0.6) is 5.75 Å². The number of rotatable bonds is 6. The zero-order valence-corrected chi connectivity index (χ0v) is 15.1. The van der Waals surface area contributed by atoms with Gasteiger partial charge in [-0.2, -0.15) is 0 Å². The number of aromatic nitrogens is 1. The average molecular weight is 352 g/mol. The van der Waals surface area contributed by atoms with E-state index in [2.05, 4.69) is 4.98 Å². The van der Waals surface area contributed by atoms with E-state index in [1.807, 2.05) is 73.8 Å². The summed E-state index contributed by atoms with van der Waals surface area (Å²) in [5.74, 6) is 0.748. The summed E-state index contributed by atoms with van der Waals surface area (Å²) in [4.78, 5) is 19.0. The Balaban J connectivity index is 1.71. The van der Waals surface area contributed by atoms with Gasteiger partial charge in [0.25, 0.3) is 0 Å². The Morgan fingerprint density at radius 3 is 2.60 bits per heavy atom. The fraction of sp³-hybridized carbons (Fsp3) is 0.200. The summed E-state index contributed by atoms with van der Waals surface area (Å²) in [7, 11) is 0. The zero-order valence-electron chi connectivity index (χ0n) is 14.3. The predicted molar refractivity (Wildman–Crippen MR) is 102 cm³/mol. The van der Waals surface area contributed by atoms with Crippen LogP contribution in [0.4, 0.5) is 10.8 Å². The van der Waals surface area contributed by atoms with Gasteiger partial charge < -0.3 is 4.74 Å². The monoisotopic (exact) mass is 352 g/mol. The van der Waals surface area contributed by atoms with Crippen molar-refractivity contribution in [1.29, 1.82) is 0 Å². The van der Waals surface area contributed by atoms with Gasteiger partial charge in [0.15, 0.2) is 5.13 Å². The molecular formula is C20H20N2O2S. The molecule has 0 aliphatic carbocycles. The van der Waals surface area contributed by atoms with E-state index in [0.29, 0.717) is 11.7 Å². The Hall–Kier alpha value is -2.66. The molecule has 3 aromatic rings. The summed E-state index contributed by atoms with van der Waals surface area (Å²) in [5.41, 5.74) is 2.86. The van der Waals surface area contributed by atoms with E-state index in [0.717, 1.165) is 22.7 Å². The second-order valence-electron chi connectivity index (χ2n) is 5.75. The van der Waals surface area contributed by atoms with Crippen LogP contribution in [0.2, 0.25) is 0 Å². The Labute approximate surface area is 151 Å². The van der Waals surface area contributed by atoms with Crippen LogP contribution in [0.3, 0.4) is 0 Å². The highest BCUT2D eigenvalue weighted by Gasteiger charge is 2.20.